The van der Waals surface area contributed by atoms with Crippen LogP contribution in [0.15, 0.2) is 48.5 Å². The number of rotatable bonds is 10. The molecule has 156 valence electrons. The Hall–Kier alpha value is -3.02. The monoisotopic (exact) mass is 398 g/mol. The van der Waals surface area contributed by atoms with Crippen molar-refractivity contribution in [3.05, 3.63) is 59.7 Å². The van der Waals surface area contributed by atoms with Crippen LogP contribution in [0.5, 0.6) is 11.5 Å². The fourth-order valence-corrected chi connectivity index (χ4v) is 3.03. The zero-order valence-electron chi connectivity index (χ0n) is 17.6. The number of carbonyl (C=O) groups excluding carboxylic acids is 2. The number of benzene rings is 2. The first-order valence-electron chi connectivity index (χ1n) is 9.78. The van der Waals surface area contributed by atoms with Gasteiger partial charge >= 0.3 is 0 Å². The van der Waals surface area contributed by atoms with Crippen LogP contribution in [0.3, 0.4) is 0 Å². The Labute approximate surface area is 172 Å². The number of aryl methyl sites for hydroxylation is 1. The second-order valence-electron chi connectivity index (χ2n) is 6.93. The molecule has 0 bridgehead atoms. The Bertz CT molecular complexity index is 805. The lowest BCUT2D eigenvalue weighted by Crippen LogP contribution is -2.46. The Kier molecular flexibility index (Phi) is 8.52. The third-order valence-corrected chi connectivity index (χ3v) is 4.71. The van der Waals surface area contributed by atoms with E-state index < -0.39 is 6.04 Å². The molecule has 29 heavy (non-hydrogen) atoms. The maximum Gasteiger partial charge on any atom is 0.242 e. The van der Waals surface area contributed by atoms with E-state index in [-0.39, 0.29) is 11.8 Å². The van der Waals surface area contributed by atoms with Crippen molar-refractivity contribution in [2.24, 2.45) is 0 Å². The highest BCUT2D eigenvalue weighted by Gasteiger charge is 2.25. The second kappa shape index (κ2) is 11.1. The summed E-state index contributed by atoms with van der Waals surface area (Å²) in [6.45, 7) is 4.58. The molecule has 1 N–H and O–H groups in total. The van der Waals surface area contributed by atoms with Gasteiger partial charge in [-0.3, -0.25) is 9.59 Å². The van der Waals surface area contributed by atoms with E-state index in [1.165, 1.54) is 0 Å². The zero-order valence-corrected chi connectivity index (χ0v) is 17.6. The van der Waals surface area contributed by atoms with Crippen LogP contribution in [-0.2, 0) is 16.1 Å². The molecule has 2 aromatic carbocycles. The van der Waals surface area contributed by atoms with Crippen LogP contribution < -0.4 is 14.8 Å². The molecule has 0 spiro atoms. The van der Waals surface area contributed by atoms with E-state index in [2.05, 4.69) is 5.32 Å². The average Bonchev–Trinajstić information content (AvgIpc) is 2.74. The van der Waals surface area contributed by atoms with Crippen molar-refractivity contribution < 1.29 is 19.1 Å². The van der Waals surface area contributed by atoms with Gasteiger partial charge in [-0.05, 0) is 50.1 Å². The van der Waals surface area contributed by atoms with Gasteiger partial charge in [0.1, 0.15) is 17.5 Å². The number of methoxy groups -OCH3 is 1. The van der Waals surface area contributed by atoms with Crippen LogP contribution in [0.4, 0.5) is 0 Å². The normalized spacial score (nSPS) is 11.4. The lowest BCUT2D eigenvalue weighted by Gasteiger charge is -2.28. The van der Waals surface area contributed by atoms with Crippen molar-refractivity contribution >= 4 is 11.8 Å². The molecule has 0 saturated heterocycles. The average molecular weight is 399 g/mol. The molecule has 0 radical (unpaired) electrons. The van der Waals surface area contributed by atoms with E-state index >= 15 is 0 Å². The minimum absolute atomic E-state index is 0.0686. The van der Waals surface area contributed by atoms with Gasteiger partial charge in [-0.15, -0.1) is 0 Å². The minimum atomic E-state index is -0.546. The Balaban J connectivity index is 1.94. The second-order valence-corrected chi connectivity index (χ2v) is 6.93. The van der Waals surface area contributed by atoms with Crippen molar-refractivity contribution in [3.8, 4) is 11.5 Å². The minimum Gasteiger partial charge on any atom is -0.497 e. The van der Waals surface area contributed by atoms with Gasteiger partial charge < -0.3 is 19.7 Å². The summed E-state index contributed by atoms with van der Waals surface area (Å²) in [5.41, 5.74) is 2.12. The molecule has 0 fully saturated rings. The summed E-state index contributed by atoms with van der Waals surface area (Å²) in [7, 11) is 3.20. The maximum absolute atomic E-state index is 12.9. The van der Waals surface area contributed by atoms with Gasteiger partial charge in [0.2, 0.25) is 11.8 Å². The standard InChI is InChI=1S/C23H30N2O4/c1-17-7-5-8-19(15-17)16-25(18(2)23(27)24-3)22(26)9-6-14-29-21-12-10-20(28-4)11-13-21/h5,7-8,10-13,15,18H,6,9,14,16H2,1-4H3,(H,24,27). The molecule has 1 atom stereocenters. The molecule has 0 heterocycles. The molecular formula is C23H30N2O4. The van der Waals surface area contributed by atoms with E-state index in [0.29, 0.717) is 26.0 Å². The number of carbonyl (C=O) groups is 2. The lowest BCUT2D eigenvalue weighted by molar-refractivity contribution is -0.140. The molecule has 0 aliphatic rings. The highest BCUT2D eigenvalue weighted by Crippen LogP contribution is 2.18. The fraction of sp³-hybridized carbons (Fsp3) is 0.391. The quantitative estimate of drug-likeness (QED) is 0.624. The van der Waals surface area contributed by atoms with Crippen molar-refractivity contribution in [2.75, 3.05) is 20.8 Å². The summed E-state index contributed by atoms with van der Waals surface area (Å²) in [6, 6.07) is 14.7. The predicted octanol–water partition coefficient (Wildman–Crippen LogP) is 3.33. The Morgan fingerprint density at radius 2 is 1.79 bits per heavy atom. The maximum atomic E-state index is 12.9. The zero-order chi connectivity index (χ0) is 21.2. The number of nitrogens with zero attached hydrogens (tertiary/aromatic N) is 1. The van der Waals surface area contributed by atoms with Crippen LogP contribution in [0.25, 0.3) is 0 Å². The number of hydrogen-bond acceptors (Lipinski definition) is 4. The Morgan fingerprint density at radius 1 is 1.10 bits per heavy atom. The smallest absolute Gasteiger partial charge is 0.242 e. The van der Waals surface area contributed by atoms with Gasteiger partial charge in [0, 0.05) is 20.0 Å². The summed E-state index contributed by atoms with van der Waals surface area (Å²) < 4.78 is 10.8. The van der Waals surface area contributed by atoms with Crippen molar-refractivity contribution in [2.45, 2.75) is 39.3 Å². The third-order valence-electron chi connectivity index (χ3n) is 4.71. The van der Waals surface area contributed by atoms with E-state index in [1.54, 1.807) is 26.0 Å². The van der Waals surface area contributed by atoms with Gasteiger partial charge in [-0.1, -0.05) is 29.8 Å². The van der Waals surface area contributed by atoms with Gasteiger partial charge in [-0.25, -0.2) is 0 Å². The SMILES string of the molecule is CNC(=O)C(C)N(Cc1cccc(C)c1)C(=O)CCCOc1ccc(OC)cc1. The summed E-state index contributed by atoms with van der Waals surface area (Å²) in [5, 5.41) is 2.63. The van der Waals surface area contributed by atoms with E-state index in [1.807, 2.05) is 55.5 Å². The first-order chi connectivity index (χ1) is 13.9. The molecule has 0 aromatic heterocycles. The van der Waals surface area contributed by atoms with Crippen molar-refractivity contribution in [1.29, 1.82) is 0 Å². The molecule has 2 amide bonds. The van der Waals surface area contributed by atoms with Crippen LogP contribution in [0.1, 0.15) is 30.9 Å². The number of amides is 2. The molecule has 0 aliphatic heterocycles. The topological polar surface area (TPSA) is 67.9 Å². The summed E-state index contributed by atoms with van der Waals surface area (Å²) in [5.74, 6) is 1.25. The van der Waals surface area contributed by atoms with Gasteiger partial charge in [0.05, 0.1) is 13.7 Å². The number of nitrogens with one attached hydrogen (secondary N) is 1. The molecule has 2 rings (SSSR count). The van der Waals surface area contributed by atoms with Gasteiger partial charge in [-0.2, -0.15) is 0 Å². The fourth-order valence-electron chi connectivity index (χ4n) is 3.03. The molecule has 0 aliphatic carbocycles. The molecule has 6 nitrogen and oxygen atoms in total. The largest absolute Gasteiger partial charge is 0.497 e. The van der Waals surface area contributed by atoms with Crippen LogP contribution >= 0.6 is 0 Å². The highest BCUT2D eigenvalue weighted by atomic mass is 16.5. The van der Waals surface area contributed by atoms with Crippen LogP contribution in [-0.4, -0.2) is 43.5 Å². The predicted molar refractivity (Wildman–Crippen MR) is 113 cm³/mol. The number of likely N-dealkylation sites (N-methyl/N-ethyl adjacent to an activating group) is 1. The van der Waals surface area contributed by atoms with Crippen molar-refractivity contribution in [1.82, 2.24) is 10.2 Å². The van der Waals surface area contributed by atoms with Gasteiger partial charge in [0.25, 0.3) is 0 Å². The first kappa shape index (κ1) is 22.3. The van der Waals surface area contributed by atoms with Gasteiger partial charge in [0.15, 0.2) is 0 Å². The Morgan fingerprint density at radius 3 is 2.41 bits per heavy atom. The molecule has 6 heteroatoms. The van der Waals surface area contributed by atoms with E-state index in [4.69, 9.17) is 9.47 Å². The first-order valence-corrected chi connectivity index (χ1v) is 9.78. The highest BCUT2D eigenvalue weighted by molar-refractivity contribution is 5.87. The molecule has 1 unspecified atom stereocenters. The molecule has 2 aromatic rings. The summed E-state index contributed by atoms with van der Waals surface area (Å²) in [6.07, 6.45) is 0.874. The van der Waals surface area contributed by atoms with Crippen molar-refractivity contribution in [3.63, 3.8) is 0 Å². The van der Waals surface area contributed by atoms with E-state index in [0.717, 1.165) is 22.6 Å². The molecule has 0 saturated carbocycles. The molecular weight excluding hydrogens is 368 g/mol. The van der Waals surface area contributed by atoms with E-state index in [9.17, 15) is 9.59 Å². The lowest BCUT2D eigenvalue weighted by atomic mass is 10.1. The number of hydrogen-bond donors (Lipinski definition) is 1. The van der Waals surface area contributed by atoms with Crippen LogP contribution in [0.2, 0.25) is 0 Å². The van der Waals surface area contributed by atoms with Crippen LogP contribution in [0, 0.1) is 6.92 Å². The summed E-state index contributed by atoms with van der Waals surface area (Å²) >= 11 is 0. The third kappa shape index (κ3) is 6.82. The number of ether oxygens (including phenoxy) is 2. The summed E-state index contributed by atoms with van der Waals surface area (Å²) in [4.78, 5) is 26.6.